The first-order valence-corrected chi connectivity index (χ1v) is 10.7. The Morgan fingerprint density at radius 3 is 2.48 bits per heavy atom. The number of anilines is 1. The number of halogens is 1. The number of sulfonamides is 1. The van der Waals surface area contributed by atoms with E-state index in [0.29, 0.717) is 10.6 Å². The van der Waals surface area contributed by atoms with Crippen molar-refractivity contribution < 1.29 is 13.2 Å². The minimum absolute atomic E-state index is 0.0494. The molecule has 1 amide bonds. The second-order valence-corrected chi connectivity index (χ2v) is 8.67. The van der Waals surface area contributed by atoms with E-state index in [-0.39, 0.29) is 22.0 Å². The predicted molar refractivity (Wildman–Crippen MR) is 107 cm³/mol. The van der Waals surface area contributed by atoms with Crippen LogP contribution in [-0.2, 0) is 10.0 Å². The summed E-state index contributed by atoms with van der Waals surface area (Å²) in [4.78, 5) is 16.4. The summed E-state index contributed by atoms with van der Waals surface area (Å²) in [6.07, 6.45) is 1.51. The molecule has 3 aromatic rings. The van der Waals surface area contributed by atoms with Crippen molar-refractivity contribution in [2.24, 2.45) is 0 Å². The lowest BCUT2D eigenvalue weighted by Crippen LogP contribution is -2.26. The number of carbonyl (C=O) groups excluding carboxylic acids is 1. The molecule has 0 fully saturated rings. The van der Waals surface area contributed by atoms with E-state index in [0.717, 1.165) is 5.56 Å². The van der Waals surface area contributed by atoms with Crippen molar-refractivity contribution in [2.75, 3.05) is 4.72 Å². The Morgan fingerprint density at radius 2 is 1.85 bits per heavy atom. The molecule has 1 unspecified atom stereocenters. The van der Waals surface area contributed by atoms with Gasteiger partial charge < -0.3 is 5.32 Å². The third-order valence-electron chi connectivity index (χ3n) is 3.80. The van der Waals surface area contributed by atoms with Crippen molar-refractivity contribution >= 4 is 44.0 Å². The van der Waals surface area contributed by atoms with Crippen LogP contribution in [0.3, 0.4) is 0 Å². The molecular formula is C18H16ClN3O3S2. The average Bonchev–Trinajstić information content (AvgIpc) is 3.14. The van der Waals surface area contributed by atoms with Gasteiger partial charge in [0.05, 0.1) is 10.9 Å². The van der Waals surface area contributed by atoms with Crippen LogP contribution in [0.25, 0.3) is 0 Å². The maximum absolute atomic E-state index is 12.4. The Kier molecular flexibility index (Phi) is 5.79. The van der Waals surface area contributed by atoms with Crippen LogP contribution in [0.5, 0.6) is 0 Å². The number of amides is 1. The number of carbonyl (C=O) groups is 1. The highest BCUT2D eigenvalue weighted by atomic mass is 35.5. The molecule has 0 aliphatic carbocycles. The van der Waals surface area contributed by atoms with Crippen molar-refractivity contribution in [2.45, 2.75) is 17.9 Å². The average molecular weight is 422 g/mol. The number of rotatable bonds is 6. The molecule has 2 aromatic carbocycles. The Bertz CT molecular complexity index is 1040. The maximum atomic E-state index is 12.4. The van der Waals surface area contributed by atoms with E-state index in [2.05, 4.69) is 15.0 Å². The lowest BCUT2D eigenvalue weighted by Gasteiger charge is -2.16. The Morgan fingerprint density at radius 1 is 1.15 bits per heavy atom. The molecule has 1 aromatic heterocycles. The Balaban J connectivity index is 1.71. The molecule has 6 nitrogen and oxygen atoms in total. The van der Waals surface area contributed by atoms with E-state index in [4.69, 9.17) is 11.6 Å². The van der Waals surface area contributed by atoms with Crippen LogP contribution in [0.4, 0.5) is 5.13 Å². The minimum atomic E-state index is -3.75. The van der Waals surface area contributed by atoms with Crippen LogP contribution in [0, 0.1) is 0 Å². The van der Waals surface area contributed by atoms with Gasteiger partial charge in [-0.2, -0.15) is 0 Å². The summed E-state index contributed by atoms with van der Waals surface area (Å²) >= 11 is 7.33. The SMILES string of the molecule is CC(NC(=O)c1ccc(S(=O)(=O)Nc2nccs2)cc1)c1ccccc1Cl. The molecule has 0 saturated carbocycles. The van der Waals surface area contributed by atoms with Gasteiger partial charge in [-0.15, -0.1) is 11.3 Å². The van der Waals surface area contributed by atoms with Crippen LogP contribution in [-0.4, -0.2) is 19.3 Å². The summed E-state index contributed by atoms with van der Waals surface area (Å²) < 4.78 is 27.0. The number of aromatic nitrogens is 1. The summed E-state index contributed by atoms with van der Waals surface area (Å²) in [7, 11) is -3.75. The number of nitrogens with zero attached hydrogens (tertiary/aromatic N) is 1. The fourth-order valence-electron chi connectivity index (χ4n) is 2.42. The number of nitrogens with one attached hydrogen (secondary N) is 2. The van der Waals surface area contributed by atoms with Crippen molar-refractivity contribution in [1.29, 1.82) is 0 Å². The standard InChI is InChI=1S/C18H16ClN3O3S2/c1-12(15-4-2-3-5-16(15)19)21-17(23)13-6-8-14(9-7-13)27(24,25)22-18-20-10-11-26-18/h2-12H,1H3,(H,20,22)(H,21,23). The predicted octanol–water partition coefficient (Wildman–Crippen LogP) is 4.09. The molecule has 27 heavy (non-hydrogen) atoms. The summed E-state index contributed by atoms with van der Waals surface area (Å²) in [5, 5.41) is 5.38. The topological polar surface area (TPSA) is 88.2 Å². The van der Waals surface area contributed by atoms with Crippen molar-refractivity contribution in [3.8, 4) is 0 Å². The van der Waals surface area contributed by atoms with Gasteiger partial charge in [-0.25, -0.2) is 13.4 Å². The molecule has 1 atom stereocenters. The molecule has 3 rings (SSSR count). The van der Waals surface area contributed by atoms with E-state index in [1.54, 1.807) is 11.4 Å². The van der Waals surface area contributed by atoms with Gasteiger partial charge in [-0.05, 0) is 42.8 Å². The lowest BCUT2D eigenvalue weighted by atomic mass is 10.1. The second-order valence-electron chi connectivity index (χ2n) is 5.68. The van der Waals surface area contributed by atoms with E-state index in [1.165, 1.54) is 41.8 Å². The molecule has 1 heterocycles. The molecule has 0 aliphatic heterocycles. The van der Waals surface area contributed by atoms with Crippen molar-refractivity contribution in [3.05, 3.63) is 76.3 Å². The Hall–Kier alpha value is -2.42. The third kappa shape index (κ3) is 4.65. The van der Waals surface area contributed by atoms with Gasteiger partial charge in [0.25, 0.3) is 15.9 Å². The number of hydrogen-bond acceptors (Lipinski definition) is 5. The second kappa shape index (κ2) is 8.08. The largest absolute Gasteiger partial charge is 0.345 e. The van der Waals surface area contributed by atoms with Crippen LogP contribution in [0.1, 0.15) is 28.9 Å². The normalized spacial score (nSPS) is 12.4. The van der Waals surface area contributed by atoms with Gasteiger partial charge in [0.15, 0.2) is 5.13 Å². The van der Waals surface area contributed by atoms with E-state index in [1.807, 2.05) is 25.1 Å². The highest BCUT2D eigenvalue weighted by molar-refractivity contribution is 7.93. The summed E-state index contributed by atoms with van der Waals surface area (Å²) in [6.45, 7) is 1.83. The van der Waals surface area contributed by atoms with Crippen LogP contribution >= 0.6 is 22.9 Å². The van der Waals surface area contributed by atoms with Gasteiger partial charge in [-0.1, -0.05) is 29.8 Å². The van der Waals surface area contributed by atoms with Gasteiger partial charge in [0.1, 0.15) is 0 Å². The summed E-state index contributed by atoms with van der Waals surface area (Å²) in [5.41, 5.74) is 1.15. The number of hydrogen-bond donors (Lipinski definition) is 2. The highest BCUT2D eigenvalue weighted by Crippen LogP contribution is 2.23. The summed E-state index contributed by atoms with van der Waals surface area (Å²) in [5.74, 6) is -0.320. The molecule has 2 N–H and O–H groups in total. The first kappa shape index (κ1) is 19.3. The molecule has 0 bridgehead atoms. The molecule has 0 spiro atoms. The van der Waals surface area contributed by atoms with Gasteiger partial charge in [-0.3, -0.25) is 9.52 Å². The maximum Gasteiger partial charge on any atom is 0.263 e. The minimum Gasteiger partial charge on any atom is -0.345 e. The Labute approximate surface area is 166 Å². The summed E-state index contributed by atoms with van der Waals surface area (Å²) in [6, 6.07) is 12.7. The zero-order valence-electron chi connectivity index (χ0n) is 14.2. The van der Waals surface area contributed by atoms with Crippen molar-refractivity contribution in [3.63, 3.8) is 0 Å². The van der Waals surface area contributed by atoms with Gasteiger partial charge in [0.2, 0.25) is 0 Å². The first-order chi connectivity index (χ1) is 12.9. The lowest BCUT2D eigenvalue weighted by molar-refractivity contribution is 0.0940. The smallest absolute Gasteiger partial charge is 0.263 e. The molecule has 0 radical (unpaired) electrons. The number of benzene rings is 2. The highest BCUT2D eigenvalue weighted by Gasteiger charge is 2.17. The van der Waals surface area contributed by atoms with E-state index >= 15 is 0 Å². The zero-order valence-corrected chi connectivity index (χ0v) is 16.6. The van der Waals surface area contributed by atoms with Gasteiger partial charge >= 0.3 is 0 Å². The van der Waals surface area contributed by atoms with Gasteiger partial charge in [0, 0.05) is 22.2 Å². The fourth-order valence-corrected chi connectivity index (χ4v) is 4.51. The molecule has 140 valence electrons. The fraction of sp³-hybridized carbons (Fsp3) is 0.111. The zero-order chi connectivity index (χ0) is 19.4. The van der Waals surface area contributed by atoms with E-state index in [9.17, 15) is 13.2 Å². The van der Waals surface area contributed by atoms with E-state index < -0.39 is 10.0 Å². The molecular weight excluding hydrogens is 406 g/mol. The first-order valence-electron chi connectivity index (χ1n) is 7.94. The quantitative estimate of drug-likeness (QED) is 0.627. The van der Waals surface area contributed by atoms with Crippen LogP contribution in [0.2, 0.25) is 5.02 Å². The molecule has 0 saturated heterocycles. The molecule has 9 heteroatoms. The van der Waals surface area contributed by atoms with Crippen molar-refractivity contribution in [1.82, 2.24) is 10.3 Å². The monoisotopic (exact) mass is 421 g/mol. The van der Waals surface area contributed by atoms with Crippen LogP contribution < -0.4 is 10.0 Å². The number of thiazole rings is 1. The van der Waals surface area contributed by atoms with Crippen LogP contribution in [0.15, 0.2) is 65.0 Å². The molecule has 0 aliphatic rings. The third-order valence-corrected chi connectivity index (χ3v) is 6.32.